The van der Waals surface area contributed by atoms with Gasteiger partial charge < -0.3 is 10.4 Å². The summed E-state index contributed by atoms with van der Waals surface area (Å²) in [6.45, 7) is 5.42. The van der Waals surface area contributed by atoms with Gasteiger partial charge in [0.1, 0.15) is 6.04 Å². The standard InChI is InChI=1S/C17H23NO3/c1-17(2,3)15(16(20)21)18-14(19)10-11-7-8-12-5-4-6-13(12)9-11/h7-9,15H,4-6,10H2,1-3H3,(H,18,19)(H,20,21)/t15-/m1/s1. The number of rotatable bonds is 4. The van der Waals surface area contributed by atoms with E-state index in [-0.39, 0.29) is 12.3 Å². The minimum atomic E-state index is -0.996. The normalized spacial score (nSPS) is 15.4. The highest BCUT2D eigenvalue weighted by Gasteiger charge is 2.32. The lowest BCUT2D eigenvalue weighted by atomic mass is 9.86. The molecule has 4 nitrogen and oxygen atoms in total. The summed E-state index contributed by atoms with van der Waals surface area (Å²) in [5.41, 5.74) is 3.13. The third-order valence-corrected chi connectivity index (χ3v) is 3.95. The van der Waals surface area contributed by atoms with Crippen LogP contribution in [0.1, 0.15) is 43.9 Å². The zero-order valence-corrected chi connectivity index (χ0v) is 12.9. The first-order chi connectivity index (χ1) is 9.77. The molecule has 21 heavy (non-hydrogen) atoms. The summed E-state index contributed by atoms with van der Waals surface area (Å²) in [6.07, 6.45) is 3.60. The minimum Gasteiger partial charge on any atom is -0.480 e. The van der Waals surface area contributed by atoms with E-state index in [1.165, 1.54) is 17.5 Å². The van der Waals surface area contributed by atoms with Crippen molar-refractivity contribution in [2.75, 3.05) is 0 Å². The maximum Gasteiger partial charge on any atom is 0.326 e. The van der Waals surface area contributed by atoms with Gasteiger partial charge in [-0.3, -0.25) is 4.79 Å². The monoisotopic (exact) mass is 289 g/mol. The van der Waals surface area contributed by atoms with Crippen LogP contribution in [-0.2, 0) is 28.9 Å². The fourth-order valence-electron chi connectivity index (χ4n) is 2.78. The van der Waals surface area contributed by atoms with Gasteiger partial charge in [-0.15, -0.1) is 0 Å². The molecule has 0 saturated carbocycles. The summed E-state index contributed by atoms with van der Waals surface area (Å²) in [5, 5.41) is 11.9. The number of carbonyl (C=O) groups excluding carboxylic acids is 1. The maximum absolute atomic E-state index is 12.1. The Morgan fingerprint density at radius 3 is 2.52 bits per heavy atom. The molecular formula is C17H23NO3. The van der Waals surface area contributed by atoms with Crippen molar-refractivity contribution >= 4 is 11.9 Å². The average Bonchev–Trinajstić information content (AvgIpc) is 2.81. The Bertz CT molecular complexity index is 558. The number of benzene rings is 1. The molecule has 0 unspecified atom stereocenters. The molecule has 0 saturated heterocycles. The highest BCUT2D eigenvalue weighted by Crippen LogP contribution is 2.23. The third kappa shape index (κ3) is 3.84. The van der Waals surface area contributed by atoms with Gasteiger partial charge in [0.25, 0.3) is 0 Å². The Morgan fingerprint density at radius 2 is 1.90 bits per heavy atom. The molecule has 2 rings (SSSR count). The number of fused-ring (bicyclic) bond motifs is 1. The number of nitrogens with one attached hydrogen (secondary N) is 1. The minimum absolute atomic E-state index is 0.229. The van der Waals surface area contributed by atoms with Crippen LogP contribution in [0.2, 0.25) is 0 Å². The summed E-state index contributed by atoms with van der Waals surface area (Å²) in [5.74, 6) is -1.24. The van der Waals surface area contributed by atoms with E-state index in [0.29, 0.717) is 0 Å². The number of amides is 1. The summed E-state index contributed by atoms with van der Waals surface area (Å²) < 4.78 is 0. The van der Waals surface area contributed by atoms with Gasteiger partial charge in [0.15, 0.2) is 0 Å². The van der Waals surface area contributed by atoms with Crippen molar-refractivity contribution < 1.29 is 14.7 Å². The number of hydrogen-bond acceptors (Lipinski definition) is 2. The van der Waals surface area contributed by atoms with Crippen molar-refractivity contribution in [3.8, 4) is 0 Å². The molecule has 0 radical (unpaired) electrons. The number of aliphatic carboxylic acids is 1. The summed E-state index contributed by atoms with van der Waals surface area (Å²) in [7, 11) is 0. The SMILES string of the molecule is CC(C)(C)[C@H](NC(=O)Cc1ccc2c(c1)CCC2)C(=O)O. The second-order valence-corrected chi connectivity index (χ2v) is 6.84. The first-order valence-electron chi connectivity index (χ1n) is 7.40. The maximum atomic E-state index is 12.1. The Balaban J connectivity index is 2.03. The van der Waals surface area contributed by atoms with Gasteiger partial charge in [-0.05, 0) is 41.4 Å². The predicted octanol–water partition coefficient (Wildman–Crippen LogP) is 2.33. The molecule has 1 aromatic carbocycles. The Labute approximate surface area is 125 Å². The second kappa shape index (κ2) is 5.88. The fraction of sp³-hybridized carbons (Fsp3) is 0.529. The second-order valence-electron chi connectivity index (χ2n) is 6.84. The van der Waals surface area contributed by atoms with Crippen LogP contribution in [0.15, 0.2) is 18.2 Å². The summed E-state index contributed by atoms with van der Waals surface area (Å²) in [4.78, 5) is 23.4. The quantitative estimate of drug-likeness (QED) is 0.894. The van der Waals surface area contributed by atoms with Crippen LogP contribution in [0.3, 0.4) is 0 Å². The highest BCUT2D eigenvalue weighted by atomic mass is 16.4. The largest absolute Gasteiger partial charge is 0.480 e. The molecule has 1 aromatic rings. The Hall–Kier alpha value is -1.84. The predicted molar refractivity (Wildman–Crippen MR) is 81.2 cm³/mol. The molecule has 0 heterocycles. The van der Waals surface area contributed by atoms with Crippen LogP contribution < -0.4 is 5.32 Å². The van der Waals surface area contributed by atoms with Gasteiger partial charge in [0.05, 0.1) is 6.42 Å². The Morgan fingerprint density at radius 1 is 1.24 bits per heavy atom. The van der Waals surface area contributed by atoms with Crippen LogP contribution in [-0.4, -0.2) is 23.0 Å². The molecular weight excluding hydrogens is 266 g/mol. The van der Waals surface area contributed by atoms with Crippen LogP contribution in [0.25, 0.3) is 0 Å². The van der Waals surface area contributed by atoms with Crippen LogP contribution >= 0.6 is 0 Å². The number of hydrogen-bond donors (Lipinski definition) is 2. The first kappa shape index (κ1) is 15.5. The smallest absolute Gasteiger partial charge is 0.326 e. The van der Waals surface area contributed by atoms with Gasteiger partial charge >= 0.3 is 5.97 Å². The lowest BCUT2D eigenvalue weighted by molar-refractivity contribution is -0.144. The van der Waals surface area contributed by atoms with Crippen molar-refractivity contribution in [1.82, 2.24) is 5.32 Å². The van der Waals surface area contributed by atoms with Crippen molar-refractivity contribution in [2.24, 2.45) is 5.41 Å². The van der Waals surface area contributed by atoms with E-state index in [9.17, 15) is 14.7 Å². The topological polar surface area (TPSA) is 66.4 Å². The molecule has 1 amide bonds. The summed E-state index contributed by atoms with van der Waals surface area (Å²) in [6, 6.07) is 5.26. The average molecular weight is 289 g/mol. The number of carboxylic acid groups (broad SMARTS) is 1. The number of carbonyl (C=O) groups is 2. The molecule has 0 spiro atoms. The summed E-state index contributed by atoms with van der Waals surface area (Å²) >= 11 is 0. The fourth-order valence-corrected chi connectivity index (χ4v) is 2.78. The number of carboxylic acids is 1. The van der Waals surface area contributed by atoms with Crippen molar-refractivity contribution in [2.45, 2.75) is 52.5 Å². The Kier molecular flexibility index (Phi) is 4.35. The van der Waals surface area contributed by atoms with Crippen molar-refractivity contribution in [3.63, 3.8) is 0 Å². The first-order valence-corrected chi connectivity index (χ1v) is 7.40. The molecule has 1 atom stereocenters. The van der Waals surface area contributed by atoms with Crippen molar-refractivity contribution in [1.29, 1.82) is 0 Å². The molecule has 0 fully saturated rings. The number of aryl methyl sites for hydroxylation is 2. The van der Waals surface area contributed by atoms with Gasteiger partial charge in [-0.25, -0.2) is 4.79 Å². The molecule has 4 heteroatoms. The van der Waals surface area contributed by atoms with E-state index >= 15 is 0 Å². The van der Waals surface area contributed by atoms with Gasteiger partial charge in [-0.1, -0.05) is 39.0 Å². The van der Waals surface area contributed by atoms with E-state index < -0.39 is 17.4 Å². The zero-order valence-electron chi connectivity index (χ0n) is 12.9. The lowest BCUT2D eigenvalue weighted by Gasteiger charge is -2.27. The molecule has 0 aliphatic heterocycles. The molecule has 1 aliphatic carbocycles. The van der Waals surface area contributed by atoms with Crippen LogP contribution in [0, 0.1) is 5.41 Å². The van der Waals surface area contributed by atoms with E-state index in [4.69, 9.17) is 0 Å². The van der Waals surface area contributed by atoms with Gasteiger partial charge in [-0.2, -0.15) is 0 Å². The van der Waals surface area contributed by atoms with E-state index in [1.54, 1.807) is 0 Å². The van der Waals surface area contributed by atoms with Crippen LogP contribution in [0.4, 0.5) is 0 Å². The zero-order chi connectivity index (χ0) is 15.6. The molecule has 114 valence electrons. The highest BCUT2D eigenvalue weighted by molar-refractivity contribution is 5.85. The lowest BCUT2D eigenvalue weighted by Crippen LogP contribution is -2.49. The third-order valence-electron chi connectivity index (χ3n) is 3.95. The van der Waals surface area contributed by atoms with Crippen LogP contribution in [0.5, 0.6) is 0 Å². The molecule has 0 aromatic heterocycles. The molecule has 1 aliphatic rings. The molecule has 2 N–H and O–H groups in total. The van der Waals surface area contributed by atoms with E-state index in [2.05, 4.69) is 17.4 Å². The van der Waals surface area contributed by atoms with Gasteiger partial charge in [0, 0.05) is 0 Å². The van der Waals surface area contributed by atoms with Crippen molar-refractivity contribution in [3.05, 3.63) is 34.9 Å². The van der Waals surface area contributed by atoms with Gasteiger partial charge in [0.2, 0.25) is 5.91 Å². The van der Waals surface area contributed by atoms with E-state index in [0.717, 1.165) is 18.4 Å². The van der Waals surface area contributed by atoms with E-state index in [1.807, 2.05) is 26.8 Å². The molecule has 0 bridgehead atoms.